The molecule has 0 aliphatic rings. The Morgan fingerprint density at radius 2 is 1.23 bits per heavy atom. The predicted molar refractivity (Wildman–Crippen MR) is 131 cm³/mol. The molecule has 1 nitrogen and oxygen atoms in total. The van der Waals surface area contributed by atoms with Crippen LogP contribution in [0.5, 0.6) is 5.75 Å². The van der Waals surface area contributed by atoms with Crippen molar-refractivity contribution in [3.8, 4) is 28.0 Å². The van der Waals surface area contributed by atoms with Gasteiger partial charge in [-0.15, -0.1) is 0 Å². The van der Waals surface area contributed by atoms with Gasteiger partial charge in [0, 0.05) is 23.3 Å². The van der Waals surface area contributed by atoms with Crippen LogP contribution in [0.1, 0.15) is 30.9 Å². The van der Waals surface area contributed by atoms with Gasteiger partial charge in [-0.1, -0.05) is 61.9 Å². The SMILES string of the molecule is CCCc1ccc(-c2ccc(-c3ccc(CCC(F)(F)Oc4cc(F)c(F)c(F)c4)c(F)c3F)c(F)c2)cc1. The van der Waals surface area contributed by atoms with Crippen LogP contribution in [0.15, 0.2) is 66.7 Å². The Labute approximate surface area is 219 Å². The summed E-state index contributed by atoms with van der Waals surface area (Å²) in [5.74, 6) is -9.95. The van der Waals surface area contributed by atoms with E-state index >= 15 is 0 Å². The summed E-state index contributed by atoms with van der Waals surface area (Å²) >= 11 is 0. The summed E-state index contributed by atoms with van der Waals surface area (Å²) in [7, 11) is 0. The van der Waals surface area contributed by atoms with E-state index in [1.165, 1.54) is 12.1 Å². The molecule has 0 radical (unpaired) electrons. The van der Waals surface area contributed by atoms with Crippen LogP contribution in [0.2, 0.25) is 0 Å². The lowest BCUT2D eigenvalue weighted by molar-refractivity contribution is -0.180. The van der Waals surface area contributed by atoms with Crippen molar-refractivity contribution in [1.82, 2.24) is 0 Å². The Hall–Kier alpha value is -3.88. The number of hydrogen-bond acceptors (Lipinski definition) is 1. The first kappa shape index (κ1) is 28.1. The van der Waals surface area contributed by atoms with E-state index in [1.54, 1.807) is 6.07 Å². The second kappa shape index (κ2) is 11.5. The standard InChI is InChI=1S/C30H22F8O/c1-2-3-17-4-6-18(7-5-17)20-9-10-22(24(31)14-20)23-11-8-19(27(34)28(23)35)12-13-30(37,38)39-21-15-25(32)29(36)26(33)16-21/h4-11,14-16H,2-3,12-13H2,1H3. The largest absolute Gasteiger partial charge is 0.432 e. The molecular weight excluding hydrogens is 528 g/mol. The fourth-order valence-corrected chi connectivity index (χ4v) is 4.15. The second-order valence-corrected chi connectivity index (χ2v) is 8.98. The normalized spacial score (nSPS) is 11.6. The van der Waals surface area contributed by atoms with Gasteiger partial charge in [0.1, 0.15) is 11.6 Å². The van der Waals surface area contributed by atoms with E-state index in [4.69, 9.17) is 0 Å². The summed E-state index contributed by atoms with van der Waals surface area (Å²) in [6.45, 7) is 2.06. The fraction of sp³-hybridized carbons (Fsp3) is 0.200. The van der Waals surface area contributed by atoms with Gasteiger partial charge in [-0.2, -0.15) is 8.78 Å². The zero-order valence-electron chi connectivity index (χ0n) is 20.6. The molecule has 0 saturated carbocycles. The lowest BCUT2D eigenvalue weighted by Crippen LogP contribution is -2.26. The highest BCUT2D eigenvalue weighted by Gasteiger charge is 2.33. The van der Waals surface area contributed by atoms with E-state index in [1.807, 2.05) is 24.3 Å². The van der Waals surface area contributed by atoms with E-state index in [0.29, 0.717) is 5.56 Å². The van der Waals surface area contributed by atoms with Crippen molar-refractivity contribution < 1.29 is 39.9 Å². The van der Waals surface area contributed by atoms with Crippen LogP contribution in [-0.2, 0) is 12.8 Å². The lowest BCUT2D eigenvalue weighted by atomic mass is 9.96. The Balaban J connectivity index is 1.50. The first-order valence-electron chi connectivity index (χ1n) is 12.1. The number of ether oxygens (including phenoxy) is 1. The zero-order chi connectivity index (χ0) is 28.3. The quantitative estimate of drug-likeness (QED) is 0.149. The smallest absolute Gasteiger partial charge is 0.398 e. The van der Waals surface area contributed by atoms with E-state index in [2.05, 4.69) is 11.7 Å². The molecule has 0 aromatic heterocycles. The summed E-state index contributed by atoms with van der Waals surface area (Å²) in [5.41, 5.74) is 1.38. The highest BCUT2D eigenvalue weighted by Crippen LogP contribution is 2.33. The molecule has 4 rings (SSSR count). The predicted octanol–water partition coefficient (Wildman–Crippen LogP) is 9.41. The fourth-order valence-electron chi connectivity index (χ4n) is 4.15. The number of benzene rings is 4. The minimum Gasteiger partial charge on any atom is -0.432 e. The maximum atomic E-state index is 14.9. The van der Waals surface area contributed by atoms with Gasteiger partial charge in [0.25, 0.3) is 0 Å². The van der Waals surface area contributed by atoms with Crippen LogP contribution in [0.4, 0.5) is 35.1 Å². The third-order valence-corrected chi connectivity index (χ3v) is 6.16. The molecular formula is C30H22F8O. The number of alkyl halides is 2. The first-order chi connectivity index (χ1) is 18.5. The summed E-state index contributed by atoms with van der Waals surface area (Å²) in [4.78, 5) is 0. The van der Waals surface area contributed by atoms with Gasteiger partial charge < -0.3 is 4.74 Å². The number of rotatable bonds is 9. The third-order valence-electron chi connectivity index (χ3n) is 6.16. The average molecular weight is 550 g/mol. The van der Waals surface area contributed by atoms with Crippen molar-refractivity contribution in [2.75, 3.05) is 0 Å². The van der Waals surface area contributed by atoms with Crippen LogP contribution in [0, 0.1) is 34.9 Å². The number of halogens is 8. The van der Waals surface area contributed by atoms with Crippen LogP contribution in [-0.4, -0.2) is 6.11 Å². The first-order valence-corrected chi connectivity index (χ1v) is 12.1. The number of aryl methyl sites for hydroxylation is 2. The maximum absolute atomic E-state index is 14.9. The molecule has 0 aliphatic heterocycles. The van der Waals surface area contributed by atoms with E-state index < -0.39 is 65.2 Å². The van der Waals surface area contributed by atoms with Gasteiger partial charge in [-0.25, -0.2) is 26.3 Å². The van der Waals surface area contributed by atoms with Crippen LogP contribution in [0.3, 0.4) is 0 Å². The monoisotopic (exact) mass is 550 g/mol. The second-order valence-electron chi connectivity index (χ2n) is 8.98. The van der Waals surface area contributed by atoms with E-state index in [-0.39, 0.29) is 23.3 Å². The zero-order valence-corrected chi connectivity index (χ0v) is 20.6. The van der Waals surface area contributed by atoms with Gasteiger partial charge in [0.15, 0.2) is 29.1 Å². The molecule has 0 heterocycles. The topological polar surface area (TPSA) is 9.23 Å². The molecule has 0 amide bonds. The maximum Gasteiger partial charge on any atom is 0.398 e. The van der Waals surface area contributed by atoms with Crippen LogP contribution >= 0.6 is 0 Å². The average Bonchev–Trinajstić information content (AvgIpc) is 2.89. The lowest BCUT2D eigenvalue weighted by Gasteiger charge is -2.18. The molecule has 9 heteroatoms. The Morgan fingerprint density at radius 1 is 0.615 bits per heavy atom. The Kier molecular flexibility index (Phi) is 8.28. The summed E-state index contributed by atoms with van der Waals surface area (Å²) in [6, 6.07) is 14.2. The van der Waals surface area contributed by atoms with Gasteiger partial charge >= 0.3 is 6.11 Å². The minimum absolute atomic E-state index is 0.210. The Bertz CT molecular complexity index is 1460. The van der Waals surface area contributed by atoms with Crippen LogP contribution < -0.4 is 4.74 Å². The molecule has 204 valence electrons. The minimum atomic E-state index is -4.05. The van der Waals surface area contributed by atoms with E-state index in [0.717, 1.165) is 36.1 Å². The van der Waals surface area contributed by atoms with Gasteiger partial charge in [0.05, 0.1) is 6.42 Å². The highest BCUT2D eigenvalue weighted by atomic mass is 19.3. The summed E-state index contributed by atoms with van der Waals surface area (Å²) in [6.07, 6.45) is -4.07. The molecule has 0 unspecified atom stereocenters. The summed E-state index contributed by atoms with van der Waals surface area (Å²) in [5, 5.41) is 0. The summed E-state index contributed by atoms with van der Waals surface area (Å²) < 4.78 is 117. The Morgan fingerprint density at radius 3 is 1.85 bits per heavy atom. The van der Waals surface area contributed by atoms with Crippen molar-refractivity contribution in [3.05, 3.63) is 113 Å². The molecule has 0 saturated heterocycles. The van der Waals surface area contributed by atoms with Gasteiger partial charge in [0.2, 0.25) is 0 Å². The molecule has 0 atom stereocenters. The molecule has 4 aromatic rings. The molecule has 0 N–H and O–H groups in total. The molecule has 0 aliphatic carbocycles. The molecule has 39 heavy (non-hydrogen) atoms. The molecule has 0 spiro atoms. The van der Waals surface area contributed by atoms with Crippen molar-refractivity contribution >= 4 is 0 Å². The van der Waals surface area contributed by atoms with Gasteiger partial charge in [-0.05, 0) is 41.2 Å². The van der Waals surface area contributed by atoms with Crippen molar-refractivity contribution in [2.45, 2.75) is 38.7 Å². The molecule has 0 fully saturated rings. The van der Waals surface area contributed by atoms with Crippen molar-refractivity contribution in [2.24, 2.45) is 0 Å². The number of hydrogen-bond donors (Lipinski definition) is 0. The van der Waals surface area contributed by atoms with Crippen molar-refractivity contribution in [3.63, 3.8) is 0 Å². The van der Waals surface area contributed by atoms with Crippen molar-refractivity contribution in [1.29, 1.82) is 0 Å². The third kappa shape index (κ3) is 6.41. The molecule has 0 bridgehead atoms. The van der Waals surface area contributed by atoms with Crippen LogP contribution in [0.25, 0.3) is 22.3 Å². The highest BCUT2D eigenvalue weighted by molar-refractivity contribution is 5.71. The van der Waals surface area contributed by atoms with E-state index in [9.17, 15) is 35.1 Å². The molecule has 4 aromatic carbocycles. The van der Waals surface area contributed by atoms with Gasteiger partial charge in [-0.3, -0.25) is 0 Å².